The maximum Gasteiger partial charge on any atom is 0.255 e. The van der Waals surface area contributed by atoms with Crippen LogP contribution in [0.15, 0.2) is 12.4 Å². The zero-order chi connectivity index (χ0) is 13.5. The number of rotatable bonds is 8. The molecule has 5 nitrogen and oxygen atoms in total. The van der Waals surface area contributed by atoms with Crippen LogP contribution in [0.2, 0.25) is 0 Å². The molecule has 0 fully saturated rings. The molecule has 0 bridgehead atoms. The van der Waals surface area contributed by atoms with Crippen molar-refractivity contribution in [2.75, 3.05) is 0 Å². The van der Waals surface area contributed by atoms with Gasteiger partial charge in [-0.25, -0.2) is 4.98 Å². The molecule has 1 N–H and O–H groups in total. The van der Waals surface area contributed by atoms with Crippen LogP contribution < -0.4 is 0 Å². The molecule has 0 aliphatic heterocycles. The van der Waals surface area contributed by atoms with Crippen LogP contribution in [0, 0.1) is 0 Å². The molecule has 0 spiro atoms. The van der Waals surface area contributed by atoms with Gasteiger partial charge in [-0.2, -0.15) is 14.6 Å². The van der Waals surface area contributed by atoms with Gasteiger partial charge in [0.2, 0.25) is 5.88 Å². The standard InChI is InChI=1S/C14H22N4O/c1-2-3-4-5-6-7-8-9-12-10-13(19)18-14(17-12)15-11-16-18/h10-11,19H,2-9H2,1H3. The number of aryl methyl sites for hydroxylation is 1. The highest BCUT2D eigenvalue weighted by Gasteiger charge is 2.05. The number of aromatic hydroxyl groups is 1. The van der Waals surface area contributed by atoms with Crippen molar-refractivity contribution in [1.29, 1.82) is 0 Å². The SMILES string of the molecule is CCCCCCCCCc1cc(O)n2ncnc2n1. The molecule has 0 amide bonds. The Bertz CT molecular complexity index is 509. The second-order valence-corrected chi connectivity index (χ2v) is 4.95. The maximum atomic E-state index is 9.76. The summed E-state index contributed by atoms with van der Waals surface area (Å²) in [4.78, 5) is 8.37. The Kier molecular flexibility index (Phi) is 5.12. The summed E-state index contributed by atoms with van der Waals surface area (Å²) in [7, 11) is 0. The highest BCUT2D eigenvalue weighted by atomic mass is 16.3. The van der Waals surface area contributed by atoms with Crippen LogP contribution in [-0.4, -0.2) is 24.7 Å². The van der Waals surface area contributed by atoms with E-state index in [4.69, 9.17) is 0 Å². The predicted molar refractivity (Wildman–Crippen MR) is 74.1 cm³/mol. The lowest BCUT2D eigenvalue weighted by atomic mass is 10.1. The normalized spacial score (nSPS) is 11.2. The molecule has 0 atom stereocenters. The van der Waals surface area contributed by atoms with Gasteiger partial charge in [0.05, 0.1) is 0 Å². The van der Waals surface area contributed by atoms with E-state index >= 15 is 0 Å². The average molecular weight is 262 g/mol. The predicted octanol–water partition coefficient (Wildman–Crippen LogP) is 3.12. The van der Waals surface area contributed by atoms with Crippen molar-refractivity contribution in [2.24, 2.45) is 0 Å². The van der Waals surface area contributed by atoms with E-state index in [0.29, 0.717) is 5.78 Å². The van der Waals surface area contributed by atoms with Gasteiger partial charge in [0.25, 0.3) is 5.78 Å². The zero-order valence-electron chi connectivity index (χ0n) is 11.5. The van der Waals surface area contributed by atoms with Gasteiger partial charge in [-0.1, -0.05) is 45.4 Å². The van der Waals surface area contributed by atoms with Crippen molar-refractivity contribution in [2.45, 2.75) is 58.3 Å². The molecule has 2 aromatic rings. The van der Waals surface area contributed by atoms with E-state index in [9.17, 15) is 5.11 Å². The summed E-state index contributed by atoms with van der Waals surface area (Å²) in [6, 6.07) is 1.68. The Morgan fingerprint density at radius 3 is 2.63 bits per heavy atom. The van der Waals surface area contributed by atoms with Gasteiger partial charge in [0.1, 0.15) is 6.33 Å². The van der Waals surface area contributed by atoms with E-state index in [1.165, 1.54) is 49.4 Å². The Morgan fingerprint density at radius 1 is 1.11 bits per heavy atom. The quantitative estimate of drug-likeness (QED) is 0.742. The first-order valence-corrected chi connectivity index (χ1v) is 7.20. The van der Waals surface area contributed by atoms with E-state index in [1.807, 2.05) is 0 Å². The van der Waals surface area contributed by atoms with Crippen molar-refractivity contribution in [3.05, 3.63) is 18.1 Å². The summed E-state index contributed by atoms with van der Waals surface area (Å²) in [6.45, 7) is 2.23. The number of nitrogens with zero attached hydrogens (tertiary/aromatic N) is 4. The molecule has 0 saturated heterocycles. The van der Waals surface area contributed by atoms with Gasteiger partial charge in [-0.05, 0) is 12.8 Å². The lowest BCUT2D eigenvalue weighted by molar-refractivity contribution is 0.433. The fourth-order valence-corrected chi connectivity index (χ4v) is 2.24. The first-order valence-electron chi connectivity index (χ1n) is 7.20. The summed E-state index contributed by atoms with van der Waals surface area (Å²) in [6.07, 6.45) is 11.2. The lowest BCUT2D eigenvalue weighted by Crippen LogP contribution is -1.97. The zero-order valence-corrected chi connectivity index (χ0v) is 11.5. The molecule has 0 aromatic carbocycles. The first-order chi connectivity index (χ1) is 9.31. The molecule has 19 heavy (non-hydrogen) atoms. The van der Waals surface area contributed by atoms with Crippen LogP contribution in [0.1, 0.15) is 57.6 Å². The van der Waals surface area contributed by atoms with Gasteiger partial charge in [-0.3, -0.25) is 0 Å². The highest BCUT2D eigenvalue weighted by molar-refractivity contribution is 5.32. The van der Waals surface area contributed by atoms with Gasteiger partial charge in [0.15, 0.2) is 0 Å². The fraction of sp³-hybridized carbons (Fsp3) is 0.643. The van der Waals surface area contributed by atoms with Crippen LogP contribution in [0.4, 0.5) is 0 Å². The molecule has 0 radical (unpaired) electrons. The molecule has 0 aliphatic rings. The summed E-state index contributed by atoms with van der Waals surface area (Å²) in [5, 5.41) is 13.7. The van der Waals surface area contributed by atoms with Crippen molar-refractivity contribution in [3.63, 3.8) is 0 Å². The smallest absolute Gasteiger partial charge is 0.255 e. The van der Waals surface area contributed by atoms with Crippen molar-refractivity contribution in [1.82, 2.24) is 19.6 Å². The molecule has 2 rings (SSSR count). The molecular formula is C14H22N4O. The summed E-state index contributed by atoms with van der Waals surface area (Å²) >= 11 is 0. The van der Waals surface area contributed by atoms with Crippen molar-refractivity contribution < 1.29 is 5.11 Å². The average Bonchev–Trinajstić information content (AvgIpc) is 2.86. The van der Waals surface area contributed by atoms with Gasteiger partial charge < -0.3 is 5.11 Å². The van der Waals surface area contributed by atoms with Crippen LogP contribution >= 0.6 is 0 Å². The fourth-order valence-electron chi connectivity index (χ4n) is 2.24. The summed E-state index contributed by atoms with van der Waals surface area (Å²) in [5.74, 6) is 0.582. The molecule has 2 heterocycles. The second kappa shape index (κ2) is 7.07. The van der Waals surface area contributed by atoms with Crippen LogP contribution in [0.5, 0.6) is 5.88 Å². The number of hydrogen-bond donors (Lipinski definition) is 1. The minimum absolute atomic E-state index is 0.112. The number of fused-ring (bicyclic) bond motifs is 1. The number of hydrogen-bond acceptors (Lipinski definition) is 4. The van der Waals surface area contributed by atoms with Gasteiger partial charge >= 0.3 is 0 Å². The third-order valence-corrected chi connectivity index (χ3v) is 3.32. The lowest BCUT2D eigenvalue weighted by Gasteiger charge is -2.03. The van der Waals surface area contributed by atoms with Crippen LogP contribution in [0.3, 0.4) is 0 Å². The molecule has 104 valence electrons. The van der Waals surface area contributed by atoms with E-state index < -0.39 is 0 Å². The van der Waals surface area contributed by atoms with E-state index in [1.54, 1.807) is 6.07 Å². The maximum absolute atomic E-state index is 9.76. The van der Waals surface area contributed by atoms with Crippen LogP contribution in [0.25, 0.3) is 5.78 Å². The molecule has 2 aromatic heterocycles. The third-order valence-electron chi connectivity index (χ3n) is 3.32. The van der Waals surface area contributed by atoms with Crippen molar-refractivity contribution in [3.8, 4) is 5.88 Å². The van der Waals surface area contributed by atoms with Crippen molar-refractivity contribution >= 4 is 5.78 Å². The van der Waals surface area contributed by atoms with Crippen LogP contribution in [-0.2, 0) is 6.42 Å². The number of unbranched alkanes of at least 4 members (excludes halogenated alkanes) is 6. The third kappa shape index (κ3) is 3.91. The Labute approximate surface area is 113 Å². The van der Waals surface area contributed by atoms with E-state index in [2.05, 4.69) is 22.0 Å². The molecule has 0 aliphatic carbocycles. The first kappa shape index (κ1) is 13.8. The minimum Gasteiger partial charge on any atom is -0.493 e. The summed E-state index contributed by atoms with van der Waals surface area (Å²) < 4.78 is 1.34. The second-order valence-electron chi connectivity index (χ2n) is 4.95. The largest absolute Gasteiger partial charge is 0.493 e. The highest BCUT2D eigenvalue weighted by Crippen LogP contribution is 2.14. The van der Waals surface area contributed by atoms with Gasteiger partial charge in [-0.15, -0.1) is 0 Å². The van der Waals surface area contributed by atoms with E-state index in [-0.39, 0.29) is 5.88 Å². The van der Waals surface area contributed by atoms with Gasteiger partial charge in [0, 0.05) is 11.8 Å². The summed E-state index contributed by atoms with van der Waals surface area (Å²) in [5.41, 5.74) is 0.895. The van der Waals surface area contributed by atoms with E-state index in [0.717, 1.165) is 18.5 Å². The molecule has 0 unspecified atom stereocenters. The molecular weight excluding hydrogens is 240 g/mol. The Hall–Kier alpha value is -1.65. The topological polar surface area (TPSA) is 63.3 Å². The monoisotopic (exact) mass is 262 g/mol. The Morgan fingerprint density at radius 2 is 1.84 bits per heavy atom. The Balaban J connectivity index is 1.75. The molecule has 5 heteroatoms. The number of aromatic nitrogens is 4. The molecule has 0 saturated carbocycles. The minimum atomic E-state index is 0.112.